The van der Waals surface area contributed by atoms with Crippen LogP contribution < -0.4 is 5.73 Å². The molecule has 0 heterocycles. The van der Waals surface area contributed by atoms with E-state index in [9.17, 15) is 4.79 Å². The Morgan fingerprint density at radius 3 is 1.46 bits per heavy atom. The zero-order chi connectivity index (χ0) is 20.8. The molecule has 0 radical (unpaired) electrons. The summed E-state index contributed by atoms with van der Waals surface area (Å²) in [4.78, 5) is 10.6. The largest absolute Gasteiger partial charge is 0.411 e. The lowest BCUT2D eigenvalue weighted by Gasteiger charge is -2.02. The molecule has 3 rings (SSSR count). The first-order valence-electron chi connectivity index (χ1n) is 9.06. The van der Waals surface area contributed by atoms with Crippen LogP contribution in [0.1, 0.15) is 48.3 Å². The van der Waals surface area contributed by atoms with Crippen molar-refractivity contribution >= 4 is 11.5 Å². The molecular formula is C24H28N2O2. The summed E-state index contributed by atoms with van der Waals surface area (Å²) in [5.74, 6) is 0.121. The van der Waals surface area contributed by atoms with Crippen molar-refractivity contribution in [3.63, 3.8) is 0 Å². The summed E-state index contributed by atoms with van der Waals surface area (Å²) in [7, 11) is 0. The van der Waals surface area contributed by atoms with Crippen LogP contribution in [-0.4, -0.2) is 16.7 Å². The minimum absolute atomic E-state index is 0.121. The van der Waals surface area contributed by atoms with E-state index in [2.05, 4.69) is 5.16 Å². The first-order chi connectivity index (χ1) is 13.5. The Morgan fingerprint density at radius 1 is 0.786 bits per heavy atom. The van der Waals surface area contributed by atoms with Gasteiger partial charge in [-0.2, -0.15) is 0 Å². The maximum atomic E-state index is 10.6. The number of carbonyl (C=O) groups excluding carboxylic acids is 1. The molecule has 0 fully saturated rings. The second kappa shape index (κ2) is 13.0. The van der Waals surface area contributed by atoms with Crippen molar-refractivity contribution in [2.24, 2.45) is 10.9 Å². The van der Waals surface area contributed by atoms with Crippen LogP contribution in [0.25, 0.3) is 0 Å². The molecule has 1 atom stereocenters. The van der Waals surface area contributed by atoms with E-state index in [1.54, 1.807) is 13.8 Å². The topological polar surface area (TPSA) is 75.7 Å². The predicted molar refractivity (Wildman–Crippen MR) is 116 cm³/mol. The van der Waals surface area contributed by atoms with Crippen LogP contribution in [0.3, 0.4) is 0 Å². The average molecular weight is 377 g/mol. The minimum Gasteiger partial charge on any atom is -0.411 e. The predicted octanol–water partition coefficient (Wildman–Crippen LogP) is 5.48. The molecule has 3 aromatic carbocycles. The molecule has 0 bridgehead atoms. The Hall–Kier alpha value is -3.24. The Morgan fingerprint density at radius 2 is 1.18 bits per heavy atom. The van der Waals surface area contributed by atoms with E-state index >= 15 is 0 Å². The summed E-state index contributed by atoms with van der Waals surface area (Å²) in [6.07, 6.45) is 0. The summed E-state index contributed by atoms with van der Waals surface area (Å²) in [6.45, 7) is 5.31. The third-order valence-electron chi connectivity index (χ3n) is 3.85. The molecule has 4 nitrogen and oxygen atoms in total. The number of carbonyl (C=O) groups is 1. The van der Waals surface area contributed by atoms with Gasteiger partial charge in [0.15, 0.2) is 5.78 Å². The molecule has 0 spiro atoms. The molecule has 0 aliphatic rings. The molecule has 146 valence electrons. The van der Waals surface area contributed by atoms with Gasteiger partial charge in [0.1, 0.15) is 0 Å². The quantitative estimate of drug-likeness (QED) is 0.275. The summed E-state index contributed by atoms with van der Waals surface area (Å²) < 4.78 is 0. The fraction of sp³-hybridized carbons (Fsp3) is 0.167. The fourth-order valence-electron chi connectivity index (χ4n) is 2.17. The second-order valence-electron chi connectivity index (χ2n) is 6.17. The number of nitrogens with zero attached hydrogens (tertiary/aromatic N) is 1. The van der Waals surface area contributed by atoms with Crippen LogP contribution in [0.2, 0.25) is 0 Å². The smallest absolute Gasteiger partial charge is 0.159 e. The Bertz CT molecular complexity index is 830. The van der Waals surface area contributed by atoms with Crippen molar-refractivity contribution < 1.29 is 10.0 Å². The third kappa shape index (κ3) is 8.92. The maximum absolute atomic E-state index is 10.6. The van der Waals surface area contributed by atoms with E-state index < -0.39 is 0 Å². The molecule has 0 amide bonds. The van der Waals surface area contributed by atoms with Gasteiger partial charge < -0.3 is 10.9 Å². The molecule has 3 aromatic rings. The lowest BCUT2D eigenvalue weighted by molar-refractivity contribution is 0.101. The van der Waals surface area contributed by atoms with Crippen molar-refractivity contribution in [1.82, 2.24) is 0 Å². The second-order valence-corrected chi connectivity index (χ2v) is 6.17. The first kappa shape index (κ1) is 22.8. The Balaban J connectivity index is 0.000000210. The van der Waals surface area contributed by atoms with E-state index in [1.807, 2.05) is 97.9 Å². The van der Waals surface area contributed by atoms with Crippen LogP contribution in [0.15, 0.2) is 96.2 Å². The standard InChI is InChI=1S/C8H9NO.C8H11N.C8H8O/c1-7(9-10)8-5-3-2-4-6-8;2*1-7(9)8-5-3-2-4-6-8/h2-6,10H,1H3;2-7H,9H2,1H3;2-6H,1H3/b9-7-;;. The number of ketones is 1. The van der Waals surface area contributed by atoms with Gasteiger partial charge in [-0.3, -0.25) is 4.79 Å². The number of hydrogen-bond acceptors (Lipinski definition) is 4. The van der Waals surface area contributed by atoms with E-state index in [0.717, 1.165) is 11.1 Å². The number of rotatable bonds is 3. The van der Waals surface area contributed by atoms with Gasteiger partial charge in [-0.25, -0.2) is 0 Å². The molecule has 0 saturated carbocycles. The Labute approximate surface area is 167 Å². The molecule has 0 aliphatic carbocycles. The van der Waals surface area contributed by atoms with Gasteiger partial charge in [0.05, 0.1) is 5.71 Å². The van der Waals surface area contributed by atoms with Crippen molar-refractivity contribution in [2.75, 3.05) is 0 Å². The van der Waals surface area contributed by atoms with E-state index in [-0.39, 0.29) is 11.8 Å². The van der Waals surface area contributed by atoms with Crippen molar-refractivity contribution in [2.45, 2.75) is 26.8 Å². The zero-order valence-electron chi connectivity index (χ0n) is 16.6. The van der Waals surface area contributed by atoms with E-state index in [1.165, 1.54) is 5.56 Å². The van der Waals surface area contributed by atoms with Crippen molar-refractivity contribution in [3.05, 3.63) is 108 Å². The highest BCUT2D eigenvalue weighted by molar-refractivity contribution is 5.98. The van der Waals surface area contributed by atoms with Crippen LogP contribution >= 0.6 is 0 Å². The number of nitrogens with two attached hydrogens (primary N) is 1. The van der Waals surface area contributed by atoms with Gasteiger partial charge in [-0.05, 0) is 31.9 Å². The lowest BCUT2D eigenvalue weighted by atomic mass is 10.1. The molecule has 0 aromatic heterocycles. The molecule has 4 heteroatoms. The van der Waals surface area contributed by atoms with E-state index in [0.29, 0.717) is 5.71 Å². The number of oxime groups is 1. The summed E-state index contributed by atoms with van der Waals surface area (Å²) in [5.41, 5.74) is 9.17. The van der Waals surface area contributed by atoms with Crippen molar-refractivity contribution in [3.8, 4) is 0 Å². The van der Waals surface area contributed by atoms with Gasteiger partial charge in [-0.15, -0.1) is 0 Å². The van der Waals surface area contributed by atoms with Gasteiger partial charge >= 0.3 is 0 Å². The fourth-order valence-corrected chi connectivity index (χ4v) is 2.17. The van der Waals surface area contributed by atoms with Crippen LogP contribution in [0.4, 0.5) is 0 Å². The van der Waals surface area contributed by atoms with Crippen LogP contribution in [-0.2, 0) is 0 Å². The van der Waals surface area contributed by atoms with Crippen LogP contribution in [0, 0.1) is 0 Å². The normalized spacial score (nSPS) is 11.2. The number of hydrogen-bond donors (Lipinski definition) is 2. The SMILES string of the molecule is C/C(=N/O)c1ccccc1.CC(=O)c1ccccc1.CC(N)c1ccccc1. The molecule has 0 saturated heterocycles. The number of benzene rings is 3. The molecular weight excluding hydrogens is 348 g/mol. The number of Topliss-reactive ketones (excluding diaryl/α,β-unsaturated/α-hetero) is 1. The van der Waals surface area contributed by atoms with Crippen molar-refractivity contribution in [1.29, 1.82) is 0 Å². The molecule has 0 aliphatic heterocycles. The van der Waals surface area contributed by atoms with E-state index in [4.69, 9.17) is 10.9 Å². The van der Waals surface area contributed by atoms with Gasteiger partial charge in [0.25, 0.3) is 0 Å². The van der Waals surface area contributed by atoms with Crippen LogP contribution in [0.5, 0.6) is 0 Å². The highest BCUT2D eigenvalue weighted by Gasteiger charge is 1.94. The third-order valence-corrected chi connectivity index (χ3v) is 3.85. The highest BCUT2D eigenvalue weighted by atomic mass is 16.4. The summed E-state index contributed by atoms with van der Waals surface area (Å²) in [6, 6.07) is 29.0. The summed E-state index contributed by atoms with van der Waals surface area (Å²) in [5, 5.41) is 11.5. The molecule has 3 N–H and O–H groups in total. The first-order valence-corrected chi connectivity index (χ1v) is 9.06. The Kier molecular flexibility index (Phi) is 10.6. The monoisotopic (exact) mass is 376 g/mol. The molecule has 1 unspecified atom stereocenters. The molecule has 28 heavy (non-hydrogen) atoms. The zero-order valence-corrected chi connectivity index (χ0v) is 16.6. The summed E-state index contributed by atoms with van der Waals surface area (Å²) >= 11 is 0. The average Bonchev–Trinajstić information content (AvgIpc) is 2.76. The highest BCUT2D eigenvalue weighted by Crippen LogP contribution is 2.06. The van der Waals surface area contributed by atoms with Gasteiger partial charge in [-0.1, -0.05) is 96.2 Å². The van der Waals surface area contributed by atoms with Gasteiger partial charge in [0, 0.05) is 11.6 Å². The lowest BCUT2D eigenvalue weighted by Crippen LogP contribution is -2.03. The maximum Gasteiger partial charge on any atom is 0.159 e. The van der Waals surface area contributed by atoms with Gasteiger partial charge in [0.2, 0.25) is 0 Å². The minimum atomic E-state index is 0.121.